The minimum Gasteiger partial charge on any atom is -0.456 e. The summed E-state index contributed by atoms with van der Waals surface area (Å²) in [5.74, 6) is 1.83. The van der Waals surface area contributed by atoms with Gasteiger partial charge in [0.15, 0.2) is 17.5 Å². The summed E-state index contributed by atoms with van der Waals surface area (Å²) in [4.78, 5) is 15.7. The normalized spacial score (nSPS) is 12.9. The molecule has 3 heterocycles. The van der Waals surface area contributed by atoms with Crippen LogP contribution >= 0.6 is 11.3 Å². The summed E-state index contributed by atoms with van der Waals surface area (Å²) in [7, 11) is 0. The Labute approximate surface area is 380 Å². The zero-order valence-electron chi connectivity index (χ0n) is 35.7. The van der Waals surface area contributed by atoms with Gasteiger partial charge >= 0.3 is 0 Å². The first-order valence-corrected chi connectivity index (χ1v) is 22.9. The first-order valence-electron chi connectivity index (χ1n) is 22.1. The van der Waals surface area contributed by atoms with E-state index in [4.69, 9.17) is 19.4 Å². The van der Waals surface area contributed by atoms with Crippen LogP contribution in [0.4, 0.5) is 0 Å². The quantitative estimate of drug-likeness (QED) is 0.167. The van der Waals surface area contributed by atoms with E-state index < -0.39 is 0 Å². The molecule has 0 unspecified atom stereocenters. The highest BCUT2D eigenvalue weighted by molar-refractivity contribution is 7.25. The number of fused-ring (bicyclic) bond motifs is 9. The van der Waals surface area contributed by atoms with Crippen LogP contribution in [0.2, 0.25) is 0 Å². The van der Waals surface area contributed by atoms with Gasteiger partial charge in [-0.2, -0.15) is 0 Å². The summed E-state index contributed by atoms with van der Waals surface area (Å²) in [5, 5.41) is 4.48. The molecular formula is C60H39N3OS. The van der Waals surface area contributed by atoms with Gasteiger partial charge in [0.05, 0.1) is 0 Å². The maximum atomic E-state index is 6.59. The van der Waals surface area contributed by atoms with Crippen molar-refractivity contribution in [3.05, 3.63) is 211 Å². The SMILES string of the molecule is CC1(C)c2ccccc2-c2cccc(-c3cccc(-c4ccc5oc6cccc(-c7nc(-c8ccc(-c9ccccc9)cc8)nc(-c8ccc9c(c8)sc8ccccc89)n7)c6c5c4)c3)c21. The number of benzene rings is 9. The summed E-state index contributed by atoms with van der Waals surface area (Å²) in [6.07, 6.45) is 0. The van der Waals surface area contributed by atoms with E-state index in [1.807, 2.05) is 18.2 Å². The molecule has 65 heavy (non-hydrogen) atoms. The van der Waals surface area contributed by atoms with E-state index in [0.29, 0.717) is 17.5 Å². The fraction of sp³-hybridized carbons (Fsp3) is 0.0500. The van der Waals surface area contributed by atoms with E-state index in [1.165, 1.54) is 53.6 Å². The second kappa shape index (κ2) is 14.5. The number of furan rings is 1. The number of thiophene rings is 1. The molecule has 1 aliphatic carbocycles. The average Bonchev–Trinajstić information content (AvgIpc) is 4.01. The van der Waals surface area contributed by atoms with Gasteiger partial charge in [0.1, 0.15) is 11.2 Å². The molecule has 0 atom stereocenters. The number of hydrogen-bond acceptors (Lipinski definition) is 5. The molecule has 4 nitrogen and oxygen atoms in total. The molecule has 1 aliphatic rings. The number of nitrogens with zero attached hydrogens (tertiary/aromatic N) is 3. The predicted molar refractivity (Wildman–Crippen MR) is 270 cm³/mol. The van der Waals surface area contributed by atoms with Gasteiger partial charge in [0, 0.05) is 53.1 Å². The fourth-order valence-electron chi connectivity index (χ4n) is 10.2. The minimum atomic E-state index is -0.116. The van der Waals surface area contributed by atoms with E-state index in [9.17, 15) is 0 Å². The van der Waals surface area contributed by atoms with Crippen LogP contribution in [0.5, 0.6) is 0 Å². The van der Waals surface area contributed by atoms with Crippen molar-refractivity contribution < 1.29 is 4.42 Å². The number of aromatic nitrogens is 3. The third-order valence-electron chi connectivity index (χ3n) is 13.3. The molecule has 0 saturated heterocycles. The van der Waals surface area contributed by atoms with Crippen molar-refractivity contribution in [3.8, 4) is 78.7 Å². The Morgan fingerprint density at radius 3 is 1.86 bits per heavy atom. The summed E-state index contributed by atoms with van der Waals surface area (Å²) in [6.45, 7) is 4.70. The smallest absolute Gasteiger partial charge is 0.164 e. The van der Waals surface area contributed by atoms with Gasteiger partial charge in [-0.1, -0.05) is 178 Å². The Morgan fingerprint density at radius 2 is 0.969 bits per heavy atom. The van der Waals surface area contributed by atoms with Gasteiger partial charge in [0.25, 0.3) is 0 Å². The van der Waals surface area contributed by atoms with Crippen molar-refractivity contribution in [3.63, 3.8) is 0 Å². The Hall–Kier alpha value is -7.99. The maximum absolute atomic E-state index is 6.59. The minimum absolute atomic E-state index is 0.116. The third-order valence-corrected chi connectivity index (χ3v) is 14.5. The molecule has 12 aromatic rings. The van der Waals surface area contributed by atoms with Gasteiger partial charge < -0.3 is 4.42 Å². The van der Waals surface area contributed by atoms with Gasteiger partial charge in [0.2, 0.25) is 0 Å². The third kappa shape index (κ3) is 6.07. The molecule has 0 saturated carbocycles. The van der Waals surface area contributed by atoms with E-state index in [2.05, 4.69) is 196 Å². The predicted octanol–water partition coefficient (Wildman–Crippen LogP) is 16.4. The lowest BCUT2D eigenvalue weighted by Crippen LogP contribution is -2.16. The molecule has 0 N–H and O–H groups in total. The molecule has 306 valence electrons. The fourth-order valence-corrected chi connectivity index (χ4v) is 11.4. The van der Waals surface area contributed by atoms with E-state index in [1.54, 1.807) is 11.3 Å². The molecule has 0 aliphatic heterocycles. The van der Waals surface area contributed by atoms with Crippen molar-refractivity contribution in [2.75, 3.05) is 0 Å². The molecule has 13 rings (SSSR count). The van der Waals surface area contributed by atoms with Gasteiger partial charge in [-0.25, -0.2) is 15.0 Å². The highest BCUT2D eigenvalue weighted by Crippen LogP contribution is 2.52. The second-order valence-corrected chi connectivity index (χ2v) is 18.6. The molecule has 5 heteroatoms. The van der Waals surface area contributed by atoms with E-state index >= 15 is 0 Å². The Kier molecular flexibility index (Phi) is 8.39. The van der Waals surface area contributed by atoms with Crippen LogP contribution in [0.25, 0.3) is 121 Å². The highest BCUT2D eigenvalue weighted by atomic mass is 32.1. The van der Waals surface area contributed by atoms with Gasteiger partial charge in [-0.15, -0.1) is 11.3 Å². The van der Waals surface area contributed by atoms with Crippen molar-refractivity contribution in [2.45, 2.75) is 19.3 Å². The van der Waals surface area contributed by atoms with Crippen LogP contribution in [0, 0.1) is 0 Å². The lowest BCUT2D eigenvalue weighted by Gasteiger charge is -2.24. The Bertz CT molecular complexity index is 3860. The molecule has 0 fully saturated rings. The molecule has 0 bridgehead atoms. The largest absolute Gasteiger partial charge is 0.456 e. The highest BCUT2D eigenvalue weighted by Gasteiger charge is 2.37. The topological polar surface area (TPSA) is 51.8 Å². The maximum Gasteiger partial charge on any atom is 0.164 e. The lowest BCUT2D eigenvalue weighted by atomic mass is 9.78. The summed E-state index contributed by atoms with van der Waals surface area (Å²) < 4.78 is 9.06. The van der Waals surface area contributed by atoms with Gasteiger partial charge in [-0.3, -0.25) is 0 Å². The molecular weight excluding hydrogens is 811 g/mol. The number of rotatable bonds is 6. The molecule has 9 aromatic carbocycles. The van der Waals surface area contributed by atoms with Crippen LogP contribution in [0.3, 0.4) is 0 Å². The van der Waals surface area contributed by atoms with Crippen molar-refractivity contribution in [2.24, 2.45) is 0 Å². The Morgan fingerprint density at radius 1 is 0.369 bits per heavy atom. The van der Waals surface area contributed by atoms with Crippen LogP contribution in [-0.2, 0) is 5.41 Å². The lowest BCUT2D eigenvalue weighted by molar-refractivity contribution is 0.662. The van der Waals surface area contributed by atoms with Crippen LogP contribution < -0.4 is 0 Å². The van der Waals surface area contributed by atoms with Crippen molar-refractivity contribution >= 4 is 53.4 Å². The van der Waals surface area contributed by atoms with Crippen molar-refractivity contribution in [1.29, 1.82) is 0 Å². The van der Waals surface area contributed by atoms with Crippen LogP contribution in [0.1, 0.15) is 25.0 Å². The van der Waals surface area contributed by atoms with Gasteiger partial charge in [-0.05, 0) is 92.0 Å². The number of hydrogen-bond donors (Lipinski definition) is 0. The monoisotopic (exact) mass is 849 g/mol. The summed E-state index contributed by atoms with van der Waals surface area (Å²) in [6, 6.07) is 71.3. The standard InChI is InChI=1S/C60H39N3OS/c1-60(2)50-22-8-6-17-44(50)47-20-11-19-43(56(47)60)41-16-10-15-39(33-41)40-30-32-51-49(34-40)55-48(21-12-23-52(55)64-51)59-62-57(38-27-25-37(26-28-38)36-13-4-3-5-14-36)61-58(63-59)42-29-31-46-45-18-7-9-24-53(45)65-54(46)35-42/h3-35H,1-2H3. The van der Waals surface area contributed by atoms with Crippen molar-refractivity contribution in [1.82, 2.24) is 15.0 Å². The molecule has 0 amide bonds. The van der Waals surface area contributed by atoms with E-state index in [0.717, 1.165) is 60.9 Å². The first kappa shape index (κ1) is 37.6. The zero-order chi connectivity index (χ0) is 43.2. The summed E-state index contributed by atoms with van der Waals surface area (Å²) >= 11 is 1.79. The molecule has 0 spiro atoms. The molecule has 0 radical (unpaired) electrons. The summed E-state index contributed by atoms with van der Waals surface area (Å²) in [5.41, 5.74) is 16.7. The van der Waals surface area contributed by atoms with E-state index in [-0.39, 0.29) is 5.41 Å². The van der Waals surface area contributed by atoms with Crippen LogP contribution in [0.15, 0.2) is 205 Å². The molecule has 3 aromatic heterocycles. The Balaban J connectivity index is 0.952. The van der Waals surface area contributed by atoms with Crippen LogP contribution in [-0.4, -0.2) is 15.0 Å². The average molecular weight is 850 g/mol. The first-order chi connectivity index (χ1) is 31.9. The second-order valence-electron chi connectivity index (χ2n) is 17.5. The zero-order valence-corrected chi connectivity index (χ0v) is 36.5.